The Morgan fingerprint density at radius 2 is 1.82 bits per heavy atom. The first-order valence-electron chi connectivity index (χ1n) is 5.44. The Morgan fingerprint density at radius 1 is 1.00 bits per heavy atom. The predicted molar refractivity (Wildman–Crippen MR) is 64.9 cm³/mol. The lowest BCUT2D eigenvalue weighted by atomic mass is 10.1. The van der Waals surface area contributed by atoms with E-state index in [4.69, 9.17) is 4.42 Å². The summed E-state index contributed by atoms with van der Waals surface area (Å²) in [6, 6.07) is 15.1. The van der Waals surface area contributed by atoms with Gasteiger partial charge in [-0.15, -0.1) is 0 Å². The number of aromatic nitrogens is 1. The second kappa shape index (κ2) is 3.94. The summed E-state index contributed by atoms with van der Waals surface area (Å²) in [6.45, 7) is 0. The van der Waals surface area contributed by atoms with E-state index in [9.17, 15) is 5.11 Å². The van der Waals surface area contributed by atoms with Gasteiger partial charge >= 0.3 is 0 Å². The third-order valence-corrected chi connectivity index (χ3v) is 2.64. The minimum absolute atomic E-state index is 0.158. The molecule has 0 aliphatic rings. The fourth-order valence-corrected chi connectivity index (χ4v) is 1.83. The predicted octanol–water partition coefficient (Wildman–Crippen LogP) is 3.12. The number of para-hydroxylation sites is 1. The van der Waals surface area contributed by atoms with Gasteiger partial charge in [-0.25, -0.2) is 4.98 Å². The van der Waals surface area contributed by atoms with Gasteiger partial charge in [0.05, 0.1) is 0 Å². The van der Waals surface area contributed by atoms with Crippen LogP contribution in [0.15, 0.2) is 52.9 Å². The number of hydrogen-bond acceptors (Lipinski definition) is 3. The molecule has 2 aromatic carbocycles. The van der Waals surface area contributed by atoms with Crippen LogP contribution in [0.5, 0.6) is 5.75 Å². The van der Waals surface area contributed by atoms with Gasteiger partial charge in [0.15, 0.2) is 17.0 Å². The monoisotopic (exact) mass is 225 g/mol. The summed E-state index contributed by atoms with van der Waals surface area (Å²) in [4.78, 5) is 4.29. The molecule has 0 spiro atoms. The molecule has 0 aliphatic carbocycles. The Hall–Kier alpha value is -2.29. The number of benzene rings is 2. The van der Waals surface area contributed by atoms with E-state index >= 15 is 0 Å². The Morgan fingerprint density at radius 3 is 2.59 bits per heavy atom. The highest BCUT2D eigenvalue weighted by molar-refractivity contribution is 5.79. The van der Waals surface area contributed by atoms with Crippen LogP contribution in [-0.2, 0) is 6.42 Å². The van der Waals surface area contributed by atoms with Gasteiger partial charge in [0.25, 0.3) is 0 Å². The molecule has 0 aliphatic heterocycles. The zero-order valence-electron chi connectivity index (χ0n) is 9.13. The summed E-state index contributed by atoms with van der Waals surface area (Å²) in [5, 5.41) is 9.63. The largest absolute Gasteiger partial charge is 0.506 e. The van der Waals surface area contributed by atoms with Crippen molar-refractivity contribution in [3.05, 3.63) is 60.0 Å². The van der Waals surface area contributed by atoms with Crippen LogP contribution in [0.3, 0.4) is 0 Å². The van der Waals surface area contributed by atoms with Crippen LogP contribution < -0.4 is 0 Å². The molecule has 0 radical (unpaired) electrons. The molecule has 3 aromatic rings. The van der Waals surface area contributed by atoms with Gasteiger partial charge < -0.3 is 9.52 Å². The van der Waals surface area contributed by atoms with Crippen molar-refractivity contribution in [1.82, 2.24) is 4.98 Å². The average Bonchev–Trinajstić information content (AvgIpc) is 2.74. The zero-order valence-corrected chi connectivity index (χ0v) is 9.13. The van der Waals surface area contributed by atoms with Crippen LogP contribution in [-0.4, -0.2) is 10.1 Å². The van der Waals surface area contributed by atoms with Crippen LogP contribution in [0.2, 0.25) is 0 Å². The lowest BCUT2D eigenvalue weighted by Gasteiger charge is -1.94. The highest BCUT2D eigenvalue weighted by atomic mass is 16.3. The molecule has 0 unspecified atom stereocenters. The van der Waals surface area contributed by atoms with Crippen molar-refractivity contribution in [1.29, 1.82) is 0 Å². The standard InChI is InChI=1S/C14H11NO2/c16-11-7-4-8-12-14(11)15-13(17-12)9-10-5-2-1-3-6-10/h1-8,16H,9H2. The quantitative estimate of drug-likeness (QED) is 0.728. The number of rotatable bonds is 2. The minimum Gasteiger partial charge on any atom is -0.506 e. The van der Waals surface area contributed by atoms with Crippen LogP contribution >= 0.6 is 0 Å². The van der Waals surface area contributed by atoms with Gasteiger partial charge in [0.2, 0.25) is 0 Å². The van der Waals surface area contributed by atoms with Gasteiger partial charge in [-0.1, -0.05) is 36.4 Å². The van der Waals surface area contributed by atoms with E-state index < -0.39 is 0 Å². The lowest BCUT2D eigenvalue weighted by molar-refractivity contribution is 0.480. The summed E-state index contributed by atoms with van der Waals surface area (Å²) < 4.78 is 5.58. The Labute approximate surface area is 98.3 Å². The molecular weight excluding hydrogens is 214 g/mol. The van der Waals surface area contributed by atoms with E-state index in [1.54, 1.807) is 18.2 Å². The second-order valence-electron chi connectivity index (χ2n) is 3.89. The molecule has 3 nitrogen and oxygen atoms in total. The molecule has 3 heteroatoms. The molecule has 17 heavy (non-hydrogen) atoms. The molecule has 1 N–H and O–H groups in total. The van der Waals surface area contributed by atoms with Crippen molar-refractivity contribution in [2.45, 2.75) is 6.42 Å². The smallest absolute Gasteiger partial charge is 0.200 e. The third kappa shape index (κ3) is 1.87. The van der Waals surface area contributed by atoms with E-state index in [2.05, 4.69) is 4.98 Å². The zero-order chi connectivity index (χ0) is 11.7. The van der Waals surface area contributed by atoms with Crippen LogP contribution in [0, 0.1) is 0 Å². The van der Waals surface area contributed by atoms with Gasteiger partial charge in [-0.3, -0.25) is 0 Å². The number of hydrogen-bond donors (Lipinski definition) is 1. The van der Waals surface area contributed by atoms with Crippen molar-refractivity contribution in [2.75, 3.05) is 0 Å². The Balaban J connectivity index is 1.99. The molecular formula is C14H11NO2. The van der Waals surface area contributed by atoms with Crippen LogP contribution in [0.25, 0.3) is 11.1 Å². The molecule has 84 valence electrons. The van der Waals surface area contributed by atoms with Gasteiger partial charge in [-0.2, -0.15) is 0 Å². The number of oxazole rings is 1. The molecule has 3 rings (SSSR count). The van der Waals surface area contributed by atoms with E-state index in [-0.39, 0.29) is 5.75 Å². The van der Waals surface area contributed by atoms with Gasteiger partial charge in [0.1, 0.15) is 5.75 Å². The molecule has 0 atom stereocenters. The number of phenols is 1. The topological polar surface area (TPSA) is 46.3 Å². The second-order valence-corrected chi connectivity index (χ2v) is 3.89. The van der Waals surface area contributed by atoms with Crippen molar-refractivity contribution in [3.63, 3.8) is 0 Å². The van der Waals surface area contributed by atoms with Crippen LogP contribution in [0.1, 0.15) is 11.5 Å². The lowest BCUT2D eigenvalue weighted by Crippen LogP contribution is -1.86. The maximum Gasteiger partial charge on any atom is 0.200 e. The minimum atomic E-state index is 0.158. The SMILES string of the molecule is Oc1cccc2oc(Cc3ccccc3)nc12. The summed E-state index contributed by atoms with van der Waals surface area (Å²) in [5.74, 6) is 0.776. The molecule has 0 amide bonds. The summed E-state index contributed by atoms with van der Waals surface area (Å²) >= 11 is 0. The summed E-state index contributed by atoms with van der Waals surface area (Å²) in [5.41, 5.74) is 2.29. The van der Waals surface area contributed by atoms with Crippen molar-refractivity contribution < 1.29 is 9.52 Å². The fourth-order valence-electron chi connectivity index (χ4n) is 1.83. The fraction of sp³-hybridized carbons (Fsp3) is 0.0714. The first kappa shape index (κ1) is 9.90. The van der Waals surface area contributed by atoms with E-state index in [0.29, 0.717) is 23.4 Å². The summed E-state index contributed by atoms with van der Waals surface area (Å²) in [6.07, 6.45) is 0.634. The maximum absolute atomic E-state index is 9.63. The molecule has 0 bridgehead atoms. The average molecular weight is 225 g/mol. The molecule has 1 heterocycles. The highest BCUT2D eigenvalue weighted by Crippen LogP contribution is 2.25. The Kier molecular flexibility index (Phi) is 2.29. The first-order chi connectivity index (χ1) is 8.33. The highest BCUT2D eigenvalue weighted by Gasteiger charge is 2.09. The van der Waals surface area contributed by atoms with Crippen LogP contribution in [0.4, 0.5) is 0 Å². The third-order valence-electron chi connectivity index (χ3n) is 2.64. The van der Waals surface area contributed by atoms with E-state index in [1.165, 1.54) is 0 Å². The van der Waals surface area contributed by atoms with E-state index in [0.717, 1.165) is 5.56 Å². The number of nitrogens with zero attached hydrogens (tertiary/aromatic N) is 1. The number of phenolic OH excluding ortho intramolecular Hbond substituents is 1. The summed E-state index contributed by atoms with van der Waals surface area (Å²) in [7, 11) is 0. The van der Waals surface area contributed by atoms with E-state index in [1.807, 2.05) is 30.3 Å². The van der Waals surface area contributed by atoms with Crippen molar-refractivity contribution in [2.24, 2.45) is 0 Å². The molecule has 0 saturated heterocycles. The first-order valence-corrected chi connectivity index (χ1v) is 5.44. The number of fused-ring (bicyclic) bond motifs is 1. The molecule has 0 saturated carbocycles. The normalized spacial score (nSPS) is 10.8. The number of aromatic hydroxyl groups is 1. The maximum atomic E-state index is 9.63. The Bertz CT molecular complexity index is 644. The molecule has 0 fully saturated rings. The van der Waals surface area contributed by atoms with Gasteiger partial charge in [0, 0.05) is 6.42 Å². The molecule has 1 aromatic heterocycles. The van der Waals surface area contributed by atoms with Crippen molar-refractivity contribution in [3.8, 4) is 5.75 Å². The van der Waals surface area contributed by atoms with Crippen molar-refractivity contribution >= 4 is 11.1 Å². The van der Waals surface area contributed by atoms with Gasteiger partial charge in [-0.05, 0) is 17.7 Å².